The van der Waals surface area contributed by atoms with Crippen LogP contribution in [0.25, 0.3) is 0 Å². The molecule has 5 heteroatoms. The second-order valence-corrected chi connectivity index (χ2v) is 7.00. The lowest BCUT2D eigenvalue weighted by Gasteiger charge is -2.26. The van der Waals surface area contributed by atoms with Gasteiger partial charge in [0.15, 0.2) is 0 Å². The highest BCUT2D eigenvalue weighted by molar-refractivity contribution is 5.68. The molecular weight excluding hydrogens is 292 g/mol. The fourth-order valence-electron chi connectivity index (χ4n) is 2.50. The van der Waals surface area contributed by atoms with Crippen LogP contribution in [0, 0.1) is 0 Å². The summed E-state index contributed by atoms with van der Waals surface area (Å²) in [7, 11) is 0. The van der Waals surface area contributed by atoms with E-state index in [0.29, 0.717) is 0 Å². The predicted molar refractivity (Wildman–Crippen MR) is 90.3 cm³/mol. The van der Waals surface area contributed by atoms with Gasteiger partial charge in [-0.3, -0.25) is 4.90 Å². The van der Waals surface area contributed by atoms with Crippen LogP contribution >= 0.6 is 0 Å². The van der Waals surface area contributed by atoms with Gasteiger partial charge in [-0.25, -0.2) is 4.79 Å². The minimum Gasteiger partial charge on any atom is -0.444 e. The van der Waals surface area contributed by atoms with E-state index in [1.54, 1.807) is 0 Å². The highest BCUT2D eigenvalue weighted by Crippen LogP contribution is 2.16. The molecule has 0 aliphatic carbocycles. The van der Waals surface area contributed by atoms with Crippen LogP contribution in [0.1, 0.15) is 44.9 Å². The number of rotatable bonds is 4. The molecule has 1 heterocycles. The first kappa shape index (κ1) is 17.8. The minimum absolute atomic E-state index is 0.0812. The van der Waals surface area contributed by atoms with Crippen molar-refractivity contribution in [3.05, 3.63) is 35.4 Å². The van der Waals surface area contributed by atoms with Gasteiger partial charge < -0.3 is 14.8 Å². The Morgan fingerprint density at radius 3 is 2.43 bits per heavy atom. The zero-order valence-corrected chi connectivity index (χ0v) is 14.6. The van der Waals surface area contributed by atoms with Crippen LogP contribution in [0.4, 0.5) is 4.79 Å². The van der Waals surface area contributed by atoms with Gasteiger partial charge in [-0.05, 0) is 38.8 Å². The lowest BCUT2D eigenvalue weighted by molar-refractivity contribution is 0.0342. The van der Waals surface area contributed by atoms with Gasteiger partial charge >= 0.3 is 6.09 Å². The van der Waals surface area contributed by atoms with E-state index in [2.05, 4.69) is 34.5 Å². The highest BCUT2D eigenvalue weighted by Gasteiger charge is 2.18. The average molecular weight is 320 g/mol. The van der Waals surface area contributed by atoms with Crippen LogP contribution < -0.4 is 5.32 Å². The third-order valence-electron chi connectivity index (χ3n) is 3.72. The largest absolute Gasteiger partial charge is 0.444 e. The molecule has 0 bridgehead atoms. The lowest BCUT2D eigenvalue weighted by atomic mass is 10.1. The molecule has 1 aliphatic heterocycles. The Morgan fingerprint density at radius 1 is 1.26 bits per heavy atom. The molecule has 128 valence electrons. The van der Waals surface area contributed by atoms with Crippen LogP contribution in [-0.4, -0.2) is 42.9 Å². The summed E-state index contributed by atoms with van der Waals surface area (Å²) in [5.41, 5.74) is 1.87. The number of hydrogen-bond acceptors (Lipinski definition) is 4. The van der Waals surface area contributed by atoms with E-state index in [1.807, 2.05) is 27.7 Å². The normalized spacial score (nSPS) is 17.6. The van der Waals surface area contributed by atoms with E-state index in [0.717, 1.165) is 38.4 Å². The van der Waals surface area contributed by atoms with E-state index in [4.69, 9.17) is 9.47 Å². The molecule has 1 aliphatic rings. The van der Waals surface area contributed by atoms with Crippen molar-refractivity contribution < 1.29 is 14.3 Å². The Bertz CT molecular complexity index is 502. The first-order chi connectivity index (χ1) is 10.8. The molecule has 0 saturated carbocycles. The molecule has 1 amide bonds. The molecule has 1 N–H and O–H groups in total. The molecule has 1 unspecified atom stereocenters. The summed E-state index contributed by atoms with van der Waals surface area (Å²) in [5, 5.41) is 2.87. The molecule has 1 fully saturated rings. The van der Waals surface area contributed by atoms with Gasteiger partial charge in [-0.1, -0.05) is 24.3 Å². The van der Waals surface area contributed by atoms with E-state index in [9.17, 15) is 4.79 Å². The molecular formula is C18H28N2O3. The predicted octanol–water partition coefficient (Wildman–Crippen LogP) is 3.10. The Balaban J connectivity index is 1.86. The number of morpholine rings is 1. The average Bonchev–Trinajstić information content (AvgIpc) is 2.47. The number of hydrogen-bond donors (Lipinski definition) is 1. The molecule has 1 aromatic carbocycles. The maximum absolute atomic E-state index is 11.8. The van der Waals surface area contributed by atoms with E-state index in [-0.39, 0.29) is 12.1 Å². The number of nitrogens with zero attached hydrogens (tertiary/aromatic N) is 1. The maximum Gasteiger partial charge on any atom is 0.408 e. The van der Waals surface area contributed by atoms with Crippen molar-refractivity contribution in [3.63, 3.8) is 0 Å². The van der Waals surface area contributed by atoms with Gasteiger partial charge in [0.2, 0.25) is 0 Å². The van der Waals surface area contributed by atoms with Gasteiger partial charge in [-0.2, -0.15) is 0 Å². The third kappa shape index (κ3) is 6.20. The standard InChI is InChI=1S/C18H28N2O3/c1-14(19-17(21)23-18(2,3)4)16-7-5-15(6-8-16)13-20-9-11-22-12-10-20/h5-8,14H,9-13H2,1-4H3,(H,19,21). The molecule has 0 aromatic heterocycles. The summed E-state index contributed by atoms with van der Waals surface area (Å²) in [5.74, 6) is 0. The Kier molecular flexibility index (Phi) is 6.02. The van der Waals surface area contributed by atoms with Crippen molar-refractivity contribution in [2.45, 2.75) is 45.9 Å². The second-order valence-electron chi connectivity index (χ2n) is 7.00. The molecule has 2 rings (SSSR count). The molecule has 0 spiro atoms. The van der Waals surface area contributed by atoms with Gasteiger partial charge in [0.1, 0.15) is 5.60 Å². The van der Waals surface area contributed by atoms with Gasteiger partial charge in [0.05, 0.1) is 19.3 Å². The summed E-state index contributed by atoms with van der Waals surface area (Å²) in [6.45, 7) is 12.1. The number of carbonyl (C=O) groups is 1. The van der Waals surface area contributed by atoms with Crippen molar-refractivity contribution in [1.29, 1.82) is 0 Å². The fourth-order valence-corrected chi connectivity index (χ4v) is 2.50. The van der Waals surface area contributed by atoms with Gasteiger partial charge in [0.25, 0.3) is 0 Å². The maximum atomic E-state index is 11.8. The van der Waals surface area contributed by atoms with Crippen LogP contribution in [0.5, 0.6) is 0 Å². The molecule has 1 saturated heterocycles. The van der Waals surface area contributed by atoms with Gasteiger partial charge in [-0.15, -0.1) is 0 Å². The molecule has 1 aromatic rings. The number of benzene rings is 1. The Morgan fingerprint density at radius 2 is 1.87 bits per heavy atom. The van der Waals surface area contributed by atoms with Crippen molar-refractivity contribution >= 4 is 6.09 Å². The second kappa shape index (κ2) is 7.79. The summed E-state index contributed by atoms with van der Waals surface area (Å²) >= 11 is 0. The summed E-state index contributed by atoms with van der Waals surface area (Å²) in [4.78, 5) is 14.2. The van der Waals surface area contributed by atoms with Crippen LogP contribution in [0.3, 0.4) is 0 Å². The first-order valence-corrected chi connectivity index (χ1v) is 8.22. The molecule has 23 heavy (non-hydrogen) atoms. The van der Waals surface area contributed by atoms with Crippen molar-refractivity contribution in [1.82, 2.24) is 10.2 Å². The smallest absolute Gasteiger partial charge is 0.408 e. The number of amides is 1. The van der Waals surface area contributed by atoms with Crippen molar-refractivity contribution in [3.8, 4) is 0 Å². The highest BCUT2D eigenvalue weighted by atomic mass is 16.6. The Hall–Kier alpha value is -1.59. The number of ether oxygens (including phenoxy) is 2. The van der Waals surface area contributed by atoms with Crippen molar-refractivity contribution in [2.75, 3.05) is 26.3 Å². The Labute approximate surface area is 139 Å². The summed E-state index contributed by atoms with van der Waals surface area (Å²) in [6, 6.07) is 8.30. The first-order valence-electron chi connectivity index (χ1n) is 8.22. The number of carbonyl (C=O) groups excluding carboxylic acids is 1. The quantitative estimate of drug-likeness (QED) is 0.926. The molecule has 1 atom stereocenters. The van der Waals surface area contributed by atoms with Crippen molar-refractivity contribution in [2.24, 2.45) is 0 Å². The fraction of sp³-hybridized carbons (Fsp3) is 0.611. The van der Waals surface area contributed by atoms with E-state index in [1.165, 1.54) is 5.56 Å². The topological polar surface area (TPSA) is 50.8 Å². The van der Waals surface area contributed by atoms with Crippen LogP contribution in [0.15, 0.2) is 24.3 Å². The zero-order chi connectivity index (χ0) is 16.9. The number of nitrogens with one attached hydrogen (secondary N) is 1. The summed E-state index contributed by atoms with van der Waals surface area (Å²) in [6.07, 6.45) is -0.387. The van der Waals surface area contributed by atoms with E-state index < -0.39 is 5.60 Å². The lowest BCUT2D eigenvalue weighted by Crippen LogP contribution is -2.35. The molecule has 0 radical (unpaired) electrons. The van der Waals surface area contributed by atoms with Gasteiger partial charge in [0, 0.05) is 19.6 Å². The SMILES string of the molecule is CC(NC(=O)OC(C)(C)C)c1ccc(CN2CCOCC2)cc1. The van der Waals surface area contributed by atoms with Crippen LogP contribution in [0.2, 0.25) is 0 Å². The number of alkyl carbamates (subject to hydrolysis) is 1. The monoisotopic (exact) mass is 320 g/mol. The van der Waals surface area contributed by atoms with Crippen LogP contribution in [-0.2, 0) is 16.0 Å². The minimum atomic E-state index is -0.480. The zero-order valence-electron chi connectivity index (χ0n) is 14.6. The third-order valence-corrected chi connectivity index (χ3v) is 3.72. The molecule has 5 nitrogen and oxygen atoms in total. The summed E-state index contributed by atoms with van der Waals surface area (Å²) < 4.78 is 10.7. The van der Waals surface area contributed by atoms with E-state index >= 15 is 0 Å².